The summed E-state index contributed by atoms with van der Waals surface area (Å²) in [6.07, 6.45) is 0.899. The summed E-state index contributed by atoms with van der Waals surface area (Å²) in [6, 6.07) is 6.43. The molecule has 0 saturated heterocycles. The Morgan fingerprint density at radius 1 is 1.42 bits per heavy atom. The number of carboxylic acid groups (broad SMARTS) is 1. The van der Waals surface area contributed by atoms with E-state index in [0.717, 1.165) is 18.4 Å². The average molecular weight is 283 g/mol. The fraction of sp³-hybridized carbons (Fsp3) is 0.333. The van der Waals surface area contributed by atoms with E-state index in [1.54, 1.807) is 6.07 Å². The van der Waals surface area contributed by atoms with Gasteiger partial charge in [-0.05, 0) is 17.7 Å². The molecule has 19 heavy (non-hydrogen) atoms. The molecule has 1 aliphatic rings. The zero-order valence-corrected chi connectivity index (χ0v) is 10.7. The van der Waals surface area contributed by atoms with Gasteiger partial charge >= 0.3 is 5.97 Å². The van der Waals surface area contributed by atoms with E-state index in [2.05, 4.69) is 0 Å². The molecule has 1 aromatic carbocycles. The van der Waals surface area contributed by atoms with E-state index >= 15 is 0 Å². The number of aliphatic carboxylic acids is 1. The van der Waals surface area contributed by atoms with E-state index in [1.807, 2.05) is 0 Å². The molecule has 3 atom stereocenters. The van der Waals surface area contributed by atoms with Crippen molar-refractivity contribution in [3.63, 3.8) is 0 Å². The number of sulfone groups is 1. The Morgan fingerprint density at radius 3 is 2.26 bits per heavy atom. The van der Waals surface area contributed by atoms with Gasteiger partial charge in [0.15, 0.2) is 15.3 Å². The summed E-state index contributed by atoms with van der Waals surface area (Å²) in [5.74, 6) is -2.96. The molecule has 1 saturated carbocycles. The maximum atomic E-state index is 12.8. The maximum absolute atomic E-state index is 12.8. The summed E-state index contributed by atoms with van der Waals surface area (Å²) in [5.41, 5.74) is -1.65. The van der Waals surface area contributed by atoms with Crippen molar-refractivity contribution < 1.29 is 22.7 Å². The zero-order valence-electron chi connectivity index (χ0n) is 9.87. The third-order valence-electron chi connectivity index (χ3n) is 3.36. The number of hydrogen-bond donors (Lipinski definition) is 1. The Morgan fingerprint density at radius 2 is 1.95 bits per heavy atom. The van der Waals surface area contributed by atoms with Gasteiger partial charge in [0, 0.05) is 12.2 Å². The van der Waals surface area contributed by atoms with E-state index in [4.69, 9.17) is 10.4 Å². The topological polar surface area (TPSA) is 95.2 Å². The third-order valence-corrected chi connectivity index (χ3v) is 4.93. The first-order chi connectivity index (χ1) is 8.75. The van der Waals surface area contributed by atoms with Crippen LogP contribution in [0, 0.1) is 22.6 Å². The minimum Gasteiger partial charge on any atom is -0.480 e. The lowest BCUT2D eigenvalue weighted by atomic mass is 10.0. The van der Waals surface area contributed by atoms with Gasteiger partial charge in [-0.15, -0.1) is 0 Å². The van der Waals surface area contributed by atoms with Crippen molar-refractivity contribution in [3.05, 3.63) is 35.6 Å². The SMILES string of the molecule is CS(=O)(=O)[C@H]1[C@H](c2ccc(F)cc2)[C@@]1(C#N)C(=O)O. The first-order valence-corrected chi connectivity index (χ1v) is 7.29. The quantitative estimate of drug-likeness (QED) is 0.890. The minimum atomic E-state index is -3.70. The van der Waals surface area contributed by atoms with Gasteiger partial charge in [-0.3, -0.25) is 4.79 Å². The standard InChI is InChI=1S/C12H10FNO4S/c1-19(17,18)10-9(12(10,6-14)11(15)16)7-2-4-8(13)5-3-7/h2-5,9-10H,1H3,(H,15,16)/t9-,10-,12+/m0/s1. The smallest absolute Gasteiger partial charge is 0.326 e. The molecule has 0 amide bonds. The van der Waals surface area contributed by atoms with E-state index in [0.29, 0.717) is 5.56 Å². The van der Waals surface area contributed by atoms with Gasteiger partial charge in [0.1, 0.15) is 11.1 Å². The Kier molecular flexibility index (Phi) is 2.86. The highest BCUT2D eigenvalue weighted by Gasteiger charge is 2.76. The van der Waals surface area contributed by atoms with Crippen molar-refractivity contribution in [3.8, 4) is 6.07 Å². The summed E-state index contributed by atoms with van der Waals surface area (Å²) in [4.78, 5) is 11.3. The Balaban J connectivity index is 2.54. The van der Waals surface area contributed by atoms with Crippen molar-refractivity contribution in [1.82, 2.24) is 0 Å². The molecule has 0 unspecified atom stereocenters. The molecule has 1 N–H and O–H groups in total. The average Bonchev–Trinajstić information content (AvgIpc) is 3.00. The lowest BCUT2D eigenvalue weighted by Gasteiger charge is -2.01. The summed E-state index contributed by atoms with van der Waals surface area (Å²) >= 11 is 0. The number of benzene rings is 1. The van der Waals surface area contributed by atoms with E-state index < -0.39 is 38.2 Å². The van der Waals surface area contributed by atoms with E-state index in [-0.39, 0.29) is 0 Å². The van der Waals surface area contributed by atoms with Crippen LogP contribution in [-0.2, 0) is 14.6 Å². The van der Waals surface area contributed by atoms with Gasteiger partial charge in [0.05, 0.1) is 6.07 Å². The lowest BCUT2D eigenvalue weighted by molar-refractivity contribution is -0.141. The van der Waals surface area contributed by atoms with Crippen molar-refractivity contribution in [2.24, 2.45) is 5.41 Å². The molecular formula is C12H10FNO4S. The fourth-order valence-electron chi connectivity index (χ4n) is 2.48. The third kappa shape index (κ3) is 1.88. The summed E-state index contributed by atoms with van der Waals surface area (Å²) < 4.78 is 36.1. The number of carbonyl (C=O) groups is 1. The van der Waals surface area contributed by atoms with Crippen LogP contribution in [0.3, 0.4) is 0 Å². The van der Waals surface area contributed by atoms with Crippen LogP contribution in [0.2, 0.25) is 0 Å². The number of hydrogen-bond acceptors (Lipinski definition) is 4. The van der Waals surface area contributed by atoms with Crippen molar-refractivity contribution >= 4 is 15.8 Å². The van der Waals surface area contributed by atoms with Gasteiger partial charge in [-0.25, -0.2) is 12.8 Å². The second kappa shape index (κ2) is 4.03. The van der Waals surface area contributed by atoms with Crippen molar-refractivity contribution in [1.29, 1.82) is 5.26 Å². The second-order valence-electron chi connectivity index (χ2n) is 4.57. The highest BCUT2D eigenvalue weighted by molar-refractivity contribution is 7.91. The molecule has 1 aromatic rings. The molecule has 2 rings (SSSR count). The molecular weight excluding hydrogens is 273 g/mol. The van der Waals surface area contributed by atoms with Gasteiger partial charge < -0.3 is 5.11 Å². The summed E-state index contributed by atoms with van der Waals surface area (Å²) in [5, 5.41) is 16.9. The van der Waals surface area contributed by atoms with Crippen LogP contribution < -0.4 is 0 Å². The van der Waals surface area contributed by atoms with Gasteiger partial charge in [0.2, 0.25) is 0 Å². The predicted octanol–water partition coefficient (Wildman–Crippen LogP) is 0.931. The predicted molar refractivity (Wildman–Crippen MR) is 63.5 cm³/mol. The second-order valence-corrected chi connectivity index (χ2v) is 6.73. The van der Waals surface area contributed by atoms with Crippen molar-refractivity contribution in [2.75, 3.05) is 6.26 Å². The molecule has 0 aliphatic heterocycles. The minimum absolute atomic E-state index is 0.334. The number of carboxylic acids is 1. The largest absolute Gasteiger partial charge is 0.480 e. The molecule has 0 aromatic heterocycles. The molecule has 0 heterocycles. The van der Waals surface area contributed by atoms with Crippen molar-refractivity contribution in [2.45, 2.75) is 11.2 Å². The van der Waals surface area contributed by atoms with Crippen LogP contribution in [0.1, 0.15) is 11.5 Å². The first kappa shape index (κ1) is 13.5. The van der Waals surface area contributed by atoms with Crippen LogP contribution in [0.4, 0.5) is 4.39 Å². The first-order valence-electron chi connectivity index (χ1n) is 5.34. The number of rotatable bonds is 3. The lowest BCUT2D eigenvalue weighted by Crippen LogP contribution is -2.21. The summed E-state index contributed by atoms with van der Waals surface area (Å²) in [6.45, 7) is 0. The monoisotopic (exact) mass is 283 g/mol. The molecule has 1 fully saturated rings. The van der Waals surface area contributed by atoms with Gasteiger partial charge in [-0.2, -0.15) is 5.26 Å². The highest BCUT2D eigenvalue weighted by atomic mass is 32.2. The number of halogens is 1. The molecule has 0 bridgehead atoms. The Hall–Kier alpha value is -1.94. The maximum Gasteiger partial charge on any atom is 0.326 e. The molecule has 5 nitrogen and oxygen atoms in total. The highest BCUT2D eigenvalue weighted by Crippen LogP contribution is 2.62. The molecule has 7 heteroatoms. The Bertz CT molecular complexity index is 677. The summed E-state index contributed by atoms with van der Waals surface area (Å²) in [7, 11) is -3.70. The van der Waals surface area contributed by atoms with Crippen LogP contribution in [0.5, 0.6) is 0 Å². The van der Waals surface area contributed by atoms with Crippen LogP contribution in [0.25, 0.3) is 0 Å². The molecule has 100 valence electrons. The normalized spacial score (nSPS) is 29.5. The van der Waals surface area contributed by atoms with E-state index in [9.17, 15) is 17.6 Å². The number of nitrogens with zero attached hydrogens (tertiary/aromatic N) is 1. The van der Waals surface area contributed by atoms with Gasteiger partial charge in [0.25, 0.3) is 0 Å². The van der Waals surface area contributed by atoms with Gasteiger partial charge in [-0.1, -0.05) is 12.1 Å². The fourth-order valence-corrected chi connectivity index (χ4v) is 4.25. The molecule has 1 aliphatic carbocycles. The Labute approximate surface area is 109 Å². The molecule has 0 radical (unpaired) electrons. The number of nitriles is 1. The van der Waals surface area contributed by atoms with Crippen LogP contribution in [-0.4, -0.2) is 31.0 Å². The zero-order chi connectivity index (χ0) is 14.4. The van der Waals surface area contributed by atoms with Crippen LogP contribution >= 0.6 is 0 Å². The molecule has 0 spiro atoms. The van der Waals surface area contributed by atoms with E-state index in [1.165, 1.54) is 12.1 Å². The van der Waals surface area contributed by atoms with Crippen LogP contribution in [0.15, 0.2) is 24.3 Å².